The Hall–Kier alpha value is -2.02. The first-order valence-corrected chi connectivity index (χ1v) is 5.17. The smallest absolute Gasteiger partial charge is 0.364 e. The van der Waals surface area contributed by atoms with Crippen molar-refractivity contribution in [1.82, 2.24) is 10.3 Å². The number of hydrogen-bond acceptors (Lipinski definition) is 5. The van der Waals surface area contributed by atoms with E-state index in [4.69, 9.17) is 4.74 Å². The molecule has 0 radical (unpaired) electrons. The standard InChI is InChI=1S/C10H11N3O4/c14-10(11-7-4-5-17-6-7)8-2-1-3-9(12-8)13(15)16/h1-3,7H,4-6H2,(H,11,14). The molecule has 17 heavy (non-hydrogen) atoms. The van der Waals surface area contributed by atoms with Gasteiger partial charge in [0.25, 0.3) is 5.91 Å². The Labute approximate surface area is 96.9 Å². The van der Waals surface area contributed by atoms with Gasteiger partial charge < -0.3 is 20.2 Å². The Balaban J connectivity index is 2.07. The number of hydrogen-bond donors (Lipinski definition) is 1. The fourth-order valence-electron chi connectivity index (χ4n) is 1.56. The van der Waals surface area contributed by atoms with Gasteiger partial charge in [0.1, 0.15) is 0 Å². The van der Waals surface area contributed by atoms with Crippen molar-refractivity contribution in [3.8, 4) is 0 Å². The predicted octanol–water partition coefficient (Wildman–Crippen LogP) is 0.508. The van der Waals surface area contributed by atoms with Gasteiger partial charge in [-0.3, -0.25) is 4.79 Å². The van der Waals surface area contributed by atoms with E-state index in [1.807, 2.05) is 0 Å². The molecule has 1 atom stereocenters. The predicted molar refractivity (Wildman–Crippen MR) is 57.6 cm³/mol. The number of nitrogens with one attached hydrogen (secondary N) is 1. The molecule has 1 aromatic heterocycles. The number of aromatic nitrogens is 1. The zero-order chi connectivity index (χ0) is 12.3. The first kappa shape index (κ1) is 11.5. The summed E-state index contributed by atoms with van der Waals surface area (Å²) in [5.41, 5.74) is 0.0473. The lowest BCUT2D eigenvalue weighted by Crippen LogP contribution is -2.35. The zero-order valence-corrected chi connectivity index (χ0v) is 8.96. The molecule has 1 amide bonds. The van der Waals surface area contributed by atoms with Crippen LogP contribution in [-0.2, 0) is 4.74 Å². The van der Waals surface area contributed by atoms with Crippen LogP contribution in [0.5, 0.6) is 0 Å². The molecule has 2 rings (SSSR count). The van der Waals surface area contributed by atoms with Crippen LogP contribution in [0.1, 0.15) is 16.9 Å². The van der Waals surface area contributed by atoms with Crippen molar-refractivity contribution in [2.75, 3.05) is 13.2 Å². The Kier molecular flexibility index (Phi) is 3.29. The lowest BCUT2D eigenvalue weighted by Gasteiger charge is -2.07. The molecule has 1 N–H and O–H groups in total. The van der Waals surface area contributed by atoms with E-state index in [2.05, 4.69) is 10.3 Å². The van der Waals surface area contributed by atoms with E-state index in [0.717, 1.165) is 6.42 Å². The highest BCUT2D eigenvalue weighted by atomic mass is 16.6. The summed E-state index contributed by atoms with van der Waals surface area (Å²) in [6.45, 7) is 1.09. The first-order chi connectivity index (χ1) is 8.16. The Morgan fingerprint density at radius 1 is 1.59 bits per heavy atom. The summed E-state index contributed by atoms with van der Waals surface area (Å²) in [6, 6.07) is 4.09. The molecule has 1 saturated heterocycles. The minimum atomic E-state index is -0.630. The molecule has 0 bridgehead atoms. The highest BCUT2D eigenvalue weighted by molar-refractivity contribution is 5.92. The van der Waals surface area contributed by atoms with Gasteiger partial charge in [-0.1, -0.05) is 0 Å². The van der Waals surface area contributed by atoms with Gasteiger partial charge in [0.2, 0.25) is 5.69 Å². The SMILES string of the molecule is O=C(NC1CCOC1)c1cccc([N+](=O)[O-])n1. The van der Waals surface area contributed by atoms with Gasteiger partial charge in [-0.25, -0.2) is 0 Å². The summed E-state index contributed by atoms with van der Waals surface area (Å²) >= 11 is 0. The van der Waals surface area contributed by atoms with Gasteiger partial charge >= 0.3 is 5.82 Å². The van der Waals surface area contributed by atoms with Crippen molar-refractivity contribution >= 4 is 11.7 Å². The normalized spacial score (nSPS) is 18.9. The lowest BCUT2D eigenvalue weighted by atomic mass is 10.2. The highest BCUT2D eigenvalue weighted by Crippen LogP contribution is 2.09. The third kappa shape index (κ3) is 2.76. The number of ether oxygens (including phenoxy) is 1. The molecule has 0 spiro atoms. The van der Waals surface area contributed by atoms with Gasteiger partial charge in [0.15, 0.2) is 0 Å². The number of carbonyl (C=O) groups excluding carboxylic acids is 1. The third-order valence-corrected chi connectivity index (χ3v) is 2.42. The number of carbonyl (C=O) groups is 1. The van der Waals surface area contributed by atoms with Crippen molar-refractivity contribution in [3.05, 3.63) is 34.0 Å². The van der Waals surface area contributed by atoms with Crippen molar-refractivity contribution in [1.29, 1.82) is 0 Å². The van der Waals surface area contributed by atoms with Crippen LogP contribution in [0, 0.1) is 10.1 Å². The van der Waals surface area contributed by atoms with E-state index in [0.29, 0.717) is 13.2 Å². The summed E-state index contributed by atoms with van der Waals surface area (Å²) in [7, 11) is 0. The molecular formula is C10H11N3O4. The lowest BCUT2D eigenvalue weighted by molar-refractivity contribution is -0.389. The van der Waals surface area contributed by atoms with E-state index >= 15 is 0 Å². The first-order valence-electron chi connectivity index (χ1n) is 5.17. The van der Waals surface area contributed by atoms with E-state index < -0.39 is 10.8 Å². The molecule has 0 aromatic carbocycles. The topological polar surface area (TPSA) is 94.4 Å². The summed E-state index contributed by atoms with van der Waals surface area (Å²) in [6.07, 6.45) is 0.751. The molecule has 1 fully saturated rings. The van der Waals surface area contributed by atoms with Gasteiger partial charge in [0.05, 0.1) is 12.6 Å². The molecule has 7 heteroatoms. The average Bonchev–Trinajstić information content (AvgIpc) is 2.82. The van der Waals surface area contributed by atoms with Crippen LogP contribution in [0.25, 0.3) is 0 Å². The third-order valence-electron chi connectivity index (χ3n) is 2.42. The molecule has 2 heterocycles. The summed E-state index contributed by atoms with van der Waals surface area (Å²) in [5.74, 6) is -0.746. The monoisotopic (exact) mass is 237 g/mol. The molecule has 0 saturated carbocycles. The Morgan fingerprint density at radius 3 is 3.06 bits per heavy atom. The minimum Gasteiger partial charge on any atom is -0.379 e. The highest BCUT2D eigenvalue weighted by Gasteiger charge is 2.22. The van der Waals surface area contributed by atoms with Crippen LogP contribution in [0.4, 0.5) is 5.82 Å². The second-order valence-electron chi connectivity index (χ2n) is 3.67. The Bertz CT molecular complexity index is 443. The quantitative estimate of drug-likeness (QED) is 0.610. The molecule has 1 aromatic rings. The molecule has 90 valence electrons. The maximum absolute atomic E-state index is 11.7. The maximum atomic E-state index is 11.7. The molecule has 1 aliphatic heterocycles. The van der Waals surface area contributed by atoms with Crippen LogP contribution in [0.3, 0.4) is 0 Å². The van der Waals surface area contributed by atoms with Crippen molar-refractivity contribution in [2.45, 2.75) is 12.5 Å². The second kappa shape index (κ2) is 4.88. The number of nitro groups is 1. The van der Waals surface area contributed by atoms with Gasteiger partial charge in [0, 0.05) is 12.7 Å². The van der Waals surface area contributed by atoms with Gasteiger partial charge in [-0.05, 0) is 28.5 Å². The van der Waals surface area contributed by atoms with Gasteiger partial charge in [-0.15, -0.1) is 0 Å². The summed E-state index contributed by atoms with van der Waals surface area (Å²) < 4.78 is 5.11. The van der Waals surface area contributed by atoms with Crippen LogP contribution < -0.4 is 5.32 Å². The number of pyridine rings is 1. The largest absolute Gasteiger partial charge is 0.379 e. The second-order valence-corrected chi connectivity index (χ2v) is 3.67. The average molecular weight is 237 g/mol. The fourth-order valence-corrected chi connectivity index (χ4v) is 1.56. The van der Waals surface area contributed by atoms with Gasteiger partial charge in [-0.2, -0.15) is 0 Å². The molecule has 1 unspecified atom stereocenters. The zero-order valence-electron chi connectivity index (χ0n) is 8.96. The van der Waals surface area contributed by atoms with E-state index in [1.165, 1.54) is 18.2 Å². The maximum Gasteiger partial charge on any atom is 0.364 e. The minimum absolute atomic E-state index is 0.0384. The van der Waals surface area contributed by atoms with Crippen molar-refractivity contribution in [2.24, 2.45) is 0 Å². The van der Waals surface area contributed by atoms with E-state index in [9.17, 15) is 14.9 Å². The van der Waals surface area contributed by atoms with Crippen molar-refractivity contribution < 1.29 is 14.5 Å². The van der Waals surface area contributed by atoms with E-state index in [1.54, 1.807) is 0 Å². The van der Waals surface area contributed by atoms with Crippen LogP contribution >= 0.6 is 0 Å². The Morgan fingerprint density at radius 2 is 2.41 bits per heavy atom. The molecule has 0 aliphatic carbocycles. The van der Waals surface area contributed by atoms with Crippen LogP contribution in [0.2, 0.25) is 0 Å². The number of amides is 1. The van der Waals surface area contributed by atoms with Crippen LogP contribution in [-0.4, -0.2) is 35.1 Å². The molecule has 1 aliphatic rings. The molecular weight excluding hydrogens is 226 g/mol. The van der Waals surface area contributed by atoms with Crippen LogP contribution in [0.15, 0.2) is 18.2 Å². The van der Waals surface area contributed by atoms with Crippen molar-refractivity contribution in [3.63, 3.8) is 0 Å². The summed E-state index contributed by atoms with van der Waals surface area (Å²) in [5, 5.41) is 13.2. The van der Waals surface area contributed by atoms with E-state index in [-0.39, 0.29) is 17.6 Å². The summed E-state index contributed by atoms with van der Waals surface area (Å²) in [4.78, 5) is 25.3. The number of rotatable bonds is 3. The molecule has 7 nitrogen and oxygen atoms in total. The number of nitrogens with zero attached hydrogens (tertiary/aromatic N) is 2. The fraction of sp³-hybridized carbons (Fsp3) is 0.400.